The first kappa shape index (κ1) is 34.3. The number of para-hydroxylation sites is 4. The summed E-state index contributed by atoms with van der Waals surface area (Å²) in [6, 6.07) is 62.5. The molecule has 0 atom stereocenters. The normalized spacial score (nSPS) is 11.9. The molecule has 62 heavy (non-hydrogen) atoms. The Kier molecular flexibility index (Phi) is 7.29. The minimum absolute atomic E-state index is 0.194. The molecule has 0 radical (unpaired) electrons. The molecule has 0 aliphatic heterocycles. The zero-order chi connectivity index (χ0) is 40.9. The van der Waals surface area contributed by atoms with E-state index in [0.717, 1.165) is 99.0 Å². The summed E-state index contributed by atoms with van der Waals surface area (Å²) in [6.07, 6.45) is 0. The molecule has 8 aromatic carbocycles. The lowest BCUT2D eigenvalue weighted by atomic mass is 9.99. The van der Waals surface area contributed by atoms with Gasteiger partial charge < -0.3 is 8.83 Å². The van der Waals surface area contributed by atoms with E-state index in [1.54, 1.807) is 4.57 Å². The third-order valence-corrected chi connectivity index (χ3v) is 12.0. The summed E-state index contributed by atoms with van der Waals surface area (Å²) in [6.45, 7) is 0. The van der Waals surface area contributed by atoms with E-state index in [4.69, 9.17) is 23.8 Å². The molecule has 0 aliphatic carbocycles. The van der Waals surface area contributed by atoms with Crippen LogP contribution in [0.2, 0.25) is 0 Å². The Morgan fingerprint density at radius 2 is 0.984 bits per heavy atom. The summed E-state index contributed by atoms with van der Waals surface area (Å²) in [5.41, 5.74) is 9.44. The highest BCUT2D eigenvalue weighted by molar-refractivity contribution is 6.21. The van der Waals surface area contributed by atoms with E-state index in [1.807, 2.05) is 144 Å². The van der Waals surface area contributed by atoms with Crippen LogP contribution in [0.1, 0.15) is 0 Å². The molecule has 13 rings (SSSR count). The maximum absolute atomic E-state index is 15.5. The Morgan fingerprint density at radius 3 is 1.81 bits per heavy atom. The van der Waals surface area contributed by atoms with Crippen LogP contribution in [-0.4, -0.2) is 24.1 Å². The lowest BCUT2D eigenvalue weighted by Crippen LogP contribution is -2.21. The summed E-state index contributed by atoms with van der Waals surface area (Å²) in [5, 5.41) is 6.62. The molecular weight excluding hydrogens is 767 g/mol. The van der Waals surface area contributed by atoms with Crippen LogP contribution in [0.15, 0.2) is 202 Å². The fourth-order valence-corrected chi connectivity index (χ4v) is 9.25. The highest BCUT2D eigenvalue weighted by atomic mass is 16.3. The first-order valence-corrected chi connectivity index (χ1v) is 20.5. The van der Waals surface area contributed by atoms with E-state index in [9.17, 15) is 0 Å². The monoisotopic (exact) mass is 797 g/mol. The molecular formula is C54H31N5O3. The van der Waals surface area contributed by atoms with Gasteiger partial charge in [0, 0.05) is 54.5 Å². The maximum Gasteiger partial charge on any atom is 0.280 e. The zero-order valence-corrected chi connectivity index (χ0v) is 32.9. The van der Waals surface area contributed by atoms with Crippen molar-refractivity contribution in [3.8, 4) is 45.5 Å². The summed E-state index contributed by atoms with van der Waals surface area (Å²) in [5.74, 6) is 1.26. The lowest BCUT2D eigenvalue weighted by Gasteiger charge is -2.14. The number of aromatic nitrogens is 5. The minimum atomic E-state index is -0.194. The maximum atomic E-state index is 15.5. The Labute approximate surface area is 352 Å². The fraction of sp³-hybridized carbons (Fsp3) is 0. The molecule has 0 N–H and O–H groups in total. The number of furan rings is 2. The predicted molar refractivity (Wildman–Crippen MR) is 248 cm³/mol. The van der Waals surface area contributed by atoms with Crippen molar-refractivity contribution in [3.63, 3.8) is 0 Å². The highest BCUT2D eigenvalue weighted by Crippen LogP contribution is 2.41. The van der Waals surface area contributed by atoms with Crippen molar-refractivity contribution in [1.82, 2.24) is 24.1 Å². The molecule has 0 bridgehead atoms. The standard InChI is InChI=1S/C54H31N5O3/c60-53-50-49(37-19-7-10-22-42(37)58(53)35-16-5-2-6-17-35)41-31-33(34-27-29-46-40(30-34)36-18-8-11-23-44(36)61-46)26-28-43(41)59(50)54-56-51(32-14-3-1-4-15-32)55-52(57-54)39-21-13-25-47-48(39)38-20-9-12-24-45(38)62-47/h1-31H. The topological polar surface area (TPSA) is 91.9 Å². The zero-order valence-electron chi connectivity index (χ0n) is 32.9. The summed E-state index contributed by atoms with van der Waals surface area (Å²) in [7, 11) is 0. The predicted octanol–water partition coefficient (Wildman–Crippen LogP) is 13.1. The molecule has 8 heteroatoms. The number of hydrogen-bond acceptors (Lipinski definition) is 6. The van der Waals surface area contributed by atoms with Gasteiger partial charge >= 0.3 is 0 Å². The largest absolute Gasteiger partial charge is 0.456 e. The van der Waals surface area contributed by atoms with Gasteiger partial charge in [-0.25, -0.2) is 4.98 Å². The van der Waals surface area contributed by atoms with Crippen LogP contribution >= 0.6 is 0 Å². The second kappa shape index (κ2) is 13.2. The number of fused-ring (bicyclic) bond motifs is 11. The number of hydrogen-bond donors (Lipinski definition) is 0. The van der Waals surface area contributed by atoms with Crippen LogP contribution in [0.25, 0.3) is 122 Å². The van der Waals surface area contributed by atoms with Gasteiger partial charge in [0.15, 0.2) is 11.6 Å². The molecule has 0 unspecified atom stereocenters. The first-order valence-electron chi connectivity index (χ1n) is 20.5. The van der Waals surface area contributed by atoms with Crippen molar-refractivity contribution < 1.29 is 8.83 Å². The Bertz CT molecular complexity index is 4010. The van der Waals surface area contributed by atoms with E-state index in [1.165, 1.54) is 0 Å². The minimum Gasteiger partial charge on any atom is -0.456 e. The van der Waals surface area contributed by atoms with Gasteiger partial charge in [-0.2, -0.15) is 9.97 Å². The van der Waals surface area contributed by atoms with Crippen LogP contribution in [0.5, 0.6) is 0 Å². The molecule has 0 saturated heterocycles. The molecule has 0 amide bonds. The summed E-state index contributed by atoms with van der Waals surface area (Å²) >= 11 is 0. The third kappa shape index (κ3) is 5.07. The Hall–Kier alpha value is -8.62. The summed E-state index contributed by atoms with van der Waals surface area (Å²) < 4.78 is 16.2. The second-order valence-electron chi connectivity index (χ2n) is 15.5. The smallest absolute Gasteiger partial charge is 0.280 e. The van der Waals surface area contributed by atoms with Crippen molar-refractivity contribution in [1.29, 1.82) is 0 Å². The van der Waals surface area contributed by atoms with E-state index >= 15 is 4.79 Å². The number of pyridine rings is 1. The molecule has 13 aromatic rings. The second-order valence-corrected chi connectivity index (χ2v) is 15.5. The lowest BCUT2D eigenvalue weighted by molar-refractivity contribution is 0.668. The van der Waals surface area contributed by atoms with Crippen LogP contribution in [0.3, 0.4) is 0 Å². The SMILES string of the molecule is O=c1c2c(c3ccccc3n1-c1ccccc1)c1cc(-c3ccc4oc5ccccc5c4c3)ccc1n2-c1nc(-c2ccccc2)nc(-c2cccc3oc4ccccc4c23)n1. The first-order chi connectivity index (χ1) is 30.7. The van der Waals surface area contributed by atoms with Gasteiger partial charge in [0.05, 0.1) is 11.0 Å². The van der Waals surface area contributed by atoms with Gasteiger partial charge in [-0.15, -0.1) is 0 Å². The van der Waals surface area contributed by atoms with Crippen LogP contribution < -0.4 is 5.56 Å². The quantitative estimate of drug-likeness (QED) is 0.172. The molecule has 0 spiro atoms. The Balaban J connectivity index is 1.15. The molecule has 290 valence electrons. The van der Waals surface area contributed by atoms with Crippen molar-refractivity contribution in [2.75, 3.05) is 0 Å². The molecule has 0 aliphatic rings. The summed E-state index contributed by atoms with van der Waals surface area (Å²) in [4.78, 5) is 31.2. The van der Waals surface area contributed by atoms with Gasteiger partial charge in [-0.05, 0) is 71.8 Å². The average Bonchev–Trinajstić information content (AvgIpc) is 4.02. The molecule has 0 saturated carbocycles. The highest BCUT2D eigenvalue weighted by Gasteiger charge is 2.25. The van der Waals surface area contributed by atoms with Gasteiger partial charge in [-0.3, -0.25) is 13.9 Å². The van der Waals surface area contributed by atoms with Gasteiger partial charge in [0.1, 0.15) is 27.8 Å². The Morgan fingerprint density at radius 1 is 0.387 bits per heavy atom. The molecule has 5 aromatic heterocycles. The van der Waals surface area contributed by atoms with Crippen molar-refractivity contribution in [3.05, 3.63) is 198 Å². The van der Waals surface area contributed by atoms with Crippen molar-refractivity contribution in [2.24, 2.45) is 0 Å². The van der Waals surface area contributed by atoms with Crippen LogP contribution in [0, 0.1) is 0 Å². The van der Waals surface area contributed by atoms with Gasteiger partial charge in [0.25, 0.3) is 5.56 Å². The van der Waals surface area contributed by atoms with E-state index in [-0.39, 0.29) is 5.56 Å². The van der Waals surface area contributed by atoms with Gasteiger partial charge in [-0.1, -0.05) is 127 Å². The van der Waals surface area contributed by atoms with Crippen molar-refractivity contribution in [2.45, 2.75) is 0 Å². The fourth-order valence-electron chi connectivity index (χ4n) is 9.25. The van der Waals surface area contributed by atoms with E-state index in [0.29, 0.717) is 23.1 Å². The molecule has 8 nitrogen and oxygen atoms in total. The van der Waals surface area contributed by atoms with Gasteiger partial charge in [0.2, 0.25) is 5.95 Å². The van der Waals surface area contributed by atoms with Crippen LogP contribution in [0.4, 0.5) is 0 Å². The van der Waals surface area contributed by atoms with Crippen LogP contribution in [-0.2, 0) is 0 Å². The number of benzene rings is 8. The van der Waals surface area contributed by atoms with Crippen molar-refractivity contribution >= 4 is 76.6 Å². The molecule has 5 heterocycles. The van der Waals surface area contributed by atoms with E-state index < -0.39 is 0 Å². The third-order valence-electron chi connectivity index (χ3n) is 12.0. The molecule has 0 fully saturated rings. The average molecular weight is 798 g/mol. The number of nitrogens with zero attached hydrogens (tertiary/aromatic N) is 5. The number of rotatable bonds is 5. The van der Waals surface area contributed by atoms with E-state index in [2.05, 4.69) is 48.5 Å².